The van der Waals surface area contributed by atoms with E-state index in [1.54, 1.807) is 0 Å². The Morgan fingerprint density at radius 2 is 2.20 bits per heavy atom. The number of nitrogens with two attached hydrogens (primary N) is 1. The van der Waals surface area contributed by atoms with E-state index in [4.69, 9.17) is 15.2 Å². The number of nitrogens with zero attached hydrogens (tertiary/aromatic N) is 1. The summed E-state index contributed by atoms with van der Waals surface area (Å²) in [5.74, 6) is 0.794. The molecule has 1 heterocycles. The number of hydrogen-bond donors (Lipinski definition) is 1. The molecule has 4 heteroatoms. The van der Waals surface area contributed by atoms with Crippen molar-refractivity contribution in [2.45, 2.75) is 39.2 Å². The second kappa shape index (κ2) is 7.39. The van der Waals surface area contributed by atoms with Gasteiger partial charge in [0.15, 0.2) is 0 Å². The Bertz CT molecular complexity index is 421. The molecule has 1 fully saturated rings. The molecule has 2 rings (SSSR count). The summed E-state index contributed by atoms with van der Waals surface area (Å²) in [4.78, 5) is 2.32. The lowest BCUT2D eigenvalue weighted by atomic mass is 10.1. The molecule has 1 aliphatic heterocycles. The summed E-state index contributed by atoms with van der Waals surface area (Å²) in [5.41, 5.74) is 8.09. The van der Waals surface area contributed by atoms with Crippen LogP contribution in [-0.4, -0.2) is 32.4 Å². The van der Waals surface area contributed by atoms with Crippen LogP contribution in [0.1, 0.15) is 33.1 Å². The zero-order valence-corrected chi connectivity index (χ0v) is 12.6. The third-order valence-corrected chi connectivity index (χ3v) is 3.63. The maximum atomic E-state index is 6.27. The van der Waals surface area contributed by atoms with Crippen LogP contribution in [0.5, 0.6) is 5.75 Å². The van der Waals surface area contributed by atoms with Gasteiger partial charge >= 0.3 is 0 Å². The first kappa shape index (κ1) is 15.0. The number of rotatable bonds is 6. The van der Waals surface area contributed by atoms with Crippen molar-refractivity contribution in [3.05, 3.63) is 18.2 Å². The highest BCUT2D eigenvalue weighted by Crippen LogP contribution is 2.34. The molecular weight excluding hydrogens is 252 g/mol. The van der Waals surface area contributed by atoms with Crippen LogP contribution in [0.3, 0.4) is 0 Å². The molecule has 0 amide bonds. The van der Waals surface area contributed by atoms with Crippen LogP contribution in [0.2, 0.25) is 0 Å². The molecule has 0 radical (unpaired) electrons. The molecule has 1 unspecified atom stereocenters. The lowest BCUT2D eigenvalue weighted by Gasteiger charge is -2.35. The summed E-state index contributed by atoms with van der Waals surface area (Å²) < 4.78 is 11.5. The second-order valence-electron chi connectivity index (χ2n) is 5.20. The van der Waals surface area contributed by atoms with Gasteiger partial charge in [-0.15, -0.1) is 0 Å². The Hall–Kier alpha value is -1.42. The van der Waals surface area contributed by atoms with E-state index in [2.05, 4.69) is 17.9 Å². The van der Waals surface area contributed by atoms with Gasteiger partial charge in [-0.3, -0.25) is 0 Å². The van der Waals surface area contributed by atoms with Crippen LogP contribution in [0.15, 0.2) is 18.2 Å². The minimum atomic E-state index is 0.313. The molecule has 0 aliphatic carbocycles. The molecular formula is C16H26N2O2. The van der Waals surface area contributed by atoms with Gasteiger partial charge in [0.2, 0.25) is 0 Å². The van der Waals surface area contributed by atoms with E-state index in [1.807, 2.05) is 19.1 Å². The average molecular weight is 278 g/mol. The molecule has 1 aliphatic rings. The molecule has 4 nitrogen and oxygen atoms in total. The van der Waals surface area contributed by atoms with Gasteiger partial charge < -0.3 is 20.1 Å². The highest BCUT2D eigenvalue weighted by atomic mass is 16.5. The number of anilines is 2. The number of ether oxygens (including phenoxy) is 2. The lowest BCUT2D eigenvalue weighted by Crippen LogP contribution is -2.40. The van der Waals surface area contributed by atoms with Gasteiger partial charge in [-0.2, -0.15) is 0 Å². The van der Waals surface area contributed by atoms with E-state index >= 15 is 0 Å². The maximum Gasteiger partial charge on any atom is 0.144 e. The van der Waals surface area contributed by atoms with Gasteiger partial charge in [0.05, 0.1) is 24.1 Å². The fourth-order valence-electron chi connectivity index (χ4n) is 2.67. The van der Waals surface area contributed by atoms with E-state index < -0.39 is 0 Å². The number of hydrogen-bond acceptors (Lipinski definition) is 4. The Morgan fingerprint density at radius 3 is 2.95 bits per heavy atom. The first-order valence-electron chi connectivity index (χ1n) is 7.64. The zero-order chi connectivity index (χ0) is 14.4. The molecule has 0 saturated carbocycles. The predicted octanol–water partition coefficient (Wildman–Crippen LogP) is 3.06. The Morgan fingerprint density at radius 1 is 1.35 bits per heavy atom. The largest absolute Gasteiger partial charge is 0.491 e. The van der Waals surface area contributed by atoms with Gasteiger partial charge in [-0.25, -0.2) is 0 Å². The van der Waals surface area contributed by atoms with E-state index in [0.29, 0.717) is 12.7 Å². The summed E-state index contributed by atoms with van der Waals surface area (Å²) in [6, 6.07) is 6.03. The summed E-state index contributed by atoms with van der Waals surface area (Å²) in [7, 11) is 0. The van der Waals surface area contributed by atoms with E-state index in [0.717, 1.165) is 56.1 Å². The average Bonchev–Trinajstić information content (AvgIpc) is 2.47. The molecule has 1 atom stereocenters. The summed E-state index contributed by atoms with van der Waals surface area (Å²) in [6.07, 6.45) is 3.58. The van der Waals surface area contributed by atoms with Crippen molar-refractivity contribution in [1.82, 2.24) is 0 Å². The molecule has 1 aromatic rings. The normalized spacial score (nSPS) is 19.1. The fourth-order valence-corrected chi connectivity index (χ4v) is 2.67. The van der Waals surface area contributed by atoms with Crippen LogP contribution in [0.25, 0.3) is 0 Å². The van der Waals surface area contributed by atoms with Crippen LogP contribution >= 0.6 is 0 Å². The third kappa shape index (κ3) is 3.57. The van der Waals surface area contributed by atoms with Crippen LogP contribution in [0.4, 0.5) is 11.4 Å². The Labute approximate surface area is 121 Å². The predicted molar refractivity (Wildman–Crippen MR) is 83.5 cm³/mol. The number of piperidine rings is 1. The molecule has 1 saturated heterocycles. The molecule has 0 aromatic heterocycles. The van der Waals surface area contributed by atoms with Crippen LogP contribution < -0.4 is 15.4 Å². The number of benzene rings is 1. The van der Waals surface area contributed by atoms with Crippen molar-refractivity contribution < 1.29 is 9.47 Å². The third-order valence-electron chi connectivity index (χ3n) is 3.63. The first-order chi connectivity index (χ1) is 9.76. The minimum Gasteiger partial charge on any atom is -0.491 e. The van der Waals surface area contributed by atoms with Crippen molar-refractivity contribution in [2.24, 2.45) is 0 Å². The topological polar surface area (TPSA) is 47.7 Å². The highest BCUT2D eigenvalue weighted by molar-refractivity contribution is 5.74. The molecule has 20 heavy (non-hydrogen) atoms. The zero-order valence-electron chi connectivity index (χ0n) is 12.6. The van der Waals surface area contributed by atoms with Gasteiger partial charge in [-0.1, -0.05) is 13.0 Å². The maximum absolute atomic E-state index is 6.27. The van der Waals surface area contributed by atoms with E-state index in [-0.39, 0.29) is 0 Å². The van der Waals surface area contributed by atoms with Crippen molar-refractivity contribution in [3.63, 3.8) is 0 Å². The molecule has 1 aromatic carbocycles. The Kier molecular flexibility index (Phi) is 5.53. The van der Waals surface area contributed by atoms with E-state index in [1.165, 1.54) is 0 Å². The summed E-state index contributed by atoms with van der Waals surface area (Å²) in [6.45, 7) is 7.56. The van der Waals surface area contributed by atoms with Crippen molar-refractivity contribution in [1.29, 1.82) is 0 Å². The molecule has 2 N–H and O–H groups in total. The van der Waals surface area contributed by atoms with Gasteiger partial charge in [0, 0.05) is 19.7 Å². The number of para-hydroxylation sites is 1. The smallest absolute Gasteiger partial charge is 0.144 e. The highest BCUT2D eigenvalue weighted by Gasteiger charge is 2.22. The quantitative estimate of drug-likeness (QED) is 0.812. The van der Waals surface area contributed by atoms with Crippen LogP contribution in [0, 0.1) is 0 Å². The van der Waals surface area contributed by atoms with Crippen molar-refractivity contribution >= 4 is 11.4 Å². The first-order valence-corrected chi connectivity index (χ1v) is 7.64. The molecule has 112 valence electrons. The monoisotopic (exact) mass is 278 g/mol. The molecule has 0 spiro atoms. The fraction of sp³-hybridized carbons (Fsp3) is 0.625. The van der Waals surface area contributed by atoms with E-state index in [9.17, 15) is 0 Å². The van der Waals surface area contributed by atoms with Gasteiger partial charge in [0.1, 0.15) is 5.75 Å². The van der Waals surface area contributed by atoms with Gasteiger partial charge in [0.25, 0.3) is 0 Å². The van der Waals surface area contributed by atoms with Crippen molar-refractivity contribution in [3.8, 4) is 5.75 Å². The Balaban J connectivity index is 2.11. The van der Waals surface area contributed by atoms with Gasteiger partial charge in [-0.05, 0) is 38.3 Å². The SMILES string of the molecule is CCCOc1cccc(N2CCCC(OCC)C2)c1N. The molecule has 0 bridgehead atoms. The van der Waals surface area contributed by atoms with Crippen LogP contribution in [-0.2, 0) is 4.74 Å². The lowest BCUT2D eigenvalue weighted by molar-refractivity contribution is 0.0527. The number of nitrogen functional groups attached to an aromatic ring is 1. The minimum absolute atomic E-state index is 0.313. The standard InChI is InChI=1S/C16H26N2O2/c1-3-11-20-15-9-5-8-14(16(15)17)18-10-6-7-13(12-18)19-4-2/h5,8-9,13H,3-4,6-7,10-12,17H2,1-2H3. The second-order valence-corrected chi connectivity index (χ2v) is 5.20. The van der Waals surface area contributed by atoms with Crippen molar-refractivity contribution in [2.75, 3.05) is 36.9 Å². The summed E-state index contributed by atoms with van der Waals surface area (Å²) >= 11 is 0. The summed E-state index contributed by atoms with van der Waals surface area (Å²) in [5, 5.41) is 0.